The summed E-state index contributed by atoms with van der Waals surface area (Å²) in [4.78, 5) is 36.4. The molecule has 0 bridgehead atoms. The van der Waals surface area contributed by atoms with Crippen molar-refractivity contribution in [2.75, 3.05) is 26.2 Å². The highest BCUT2D eigenvalue weighted by molar-refractivity contribution is 6.08. The first kappa shape index (κ1) is 23.2. The molecule has 1 spiro atoms. The number of ketones is 1. The van der Waals surface area contributed by atoms with Crippen molar-refractivity contribution in [2.24, 2.45) is 0 Å². The molecule has 0 unspecified atom stereocenters. The maximum Gasteiger partial charge on any atom is 0.254 e. The van der Waals surface area contributed by atoms with Crippen molar-refractivity contribution < 1.29 is 14.3 Å². The van der Waals surface area contributed by atoms with Crippen molar-refractivity contribution in [3.05, 3.63) is 69.9 Å². The molecular formula is C30H33N3O3. The van der Waals surface area contributed by atoms with Crippen LogP contribution in [0.1, 0.15) is 69.3 Å². The van der Waals surface area contributed by atoms with Gasteiger partial charge in [0.2, 0.25) is 0 Å². The van der Waals surface area contributed by atoms with Crippen LogP contribution in [-0.2, 0) is 13.0 Å². The lowest BCUT2D eigenvalue weighted by atomic mass is 9.81. The second-order valence-electron chi connectivity index (χ2n) is 10.7. The largest absolute Gasteiger partial charge is 0.486 e. The number of aromatic nitrogens is 1. The van der Waals surface area contributed by atoms with Gasteiger partial charge in [-0.25, -0.2) is 0 Å². The molecule has 1 amide bonds. The summed E-state index contributed by atoms with van der Waals surface area (Å²) in [5.41, 5.74) is 6.23. The summed E-state index contributed by atoms with van der Waals surface area (Å²) < 4.78 is 6.51. The SMILES string of the molecule is CCN1CCc2nc3ccccc3c(C(=O)N3CCC4(CC3)CC(=O)c3cc(C)c(C)cc3O4)c2C1. The van der Waals surface area contributed by atoms with Crippen molar-refractivity contribution >= 4 is 22.6 Å². The van der Waals surface area contributed by atoms with Gasteiger partial charge in [0.1, 0.15) is 11.4 Å². The molecular weight excluding hydrogens is 450 g/mol. The van der Waals surface area contributed by atoms with E-state index in [0.717, 1.165) is 64.9 Å². The Labute approximate surface area is 212 Å². The Morgan fingerprint density at radius 1 is 1.08 bits per heavy atom. The van der Waals surface area contributed by atoms with E-state index in [2.05, 4.69) is 11.8 Å². The van der Waals surface area contributed by atoms with Crippen molar-refractivity contribution in [1.29, 1.82) is 0 Å². The number of Topliss-reactive ketones (excluding diaryl/α,β-unsaturated/α-hetero) is 1. The van der Waals surface area contributed by atoms with Gasteiger partial charge in [0.15, 0.2) is 5.78 Å². The Morgan fingerprint density at radius 3 is 2.61 bits per heavy atom. The number of rotatable bonds is 2. The summed E-state index contributed by atoms with van der Waals surface area (Å²) in [7, 11) is 0. The number of ether oxygens (including phenoxy) is 1. The predicted octanol–water partition coefficient (Wildman–Crippen LogP) is 4.87. The molecule has 4 heterocycles. The molecule has 6 nitrogen and oxygen atoms in total. The fourth-order valence-electron chi connectivity index (χ4n) is 6.06. The third-order valence-corrected chi connectivity index (χ3v) is 8.45. The number of aryl methyl sites for hydroxylation is 2. The van der Waals surface area contributed by atoms with E-state index in [4.69, 9.17) is 9.72 Å². The first-order chi connectivity index (χ1) is 17.4. The number of pyridine rings is 1. The maximum absolute atomic E-state index is 14.1. The van der Waals surface area contributed by atoms with Crippen LogP contribution in [0, 0.1) is 13.8 Å². The van der Waals surface area contributed by atoms with Crippen LogP contribution in [0.4, 0.5) is 0 Å². The Hall–Kier alpha value is -3.25. The Kier molecular flexibility index (Phi) is 5.60. The summed E-state index contributed by atoms with van der Waals surface area (Å²) in [6.45, 7) is 10.1. The van der Waals surface area contributed by atoms with Gasteiger partial charge in [0, 0.05) is 62.1 Å². The van der Waals surface area contributed by atoms with Crippen molar-refractivity contribution in [1.82, 2.24) is 14.8 Å². The third kappa shape index (κ3) is 3.79. The molecule has 6 heteroatoms. The lowest BCUT2D eigenvalue weighted by molar-refractivity contribution is -0.00575. The van der Waals surface area contributed by atoms with E-state index in [9.17, 15) is 9.59 Å². The van der Waals surface area contributed by atoms with Crippen molar-refractivity contribution in [3.63, 3.8) is 0 Å². The molecule has 0 saturated carbocycles. The molecule has 0 N–H and O–H groups in total. The zero-order valence-corrected chi connectivity index (χ0v) is 21.4. The minimum absolute atomic E-state index is 0.0756. The molecule has 6 rings (SSSR count). The zero-order chi connectivity index (χ0) is 25.0. The molecule has 0 aliphatic carbocycles. The first-order valence-electron chi connectivity index (χ1n) is 13.1. The zero-order valence-electron chi connectivity index (χ0n) is 21.4. The second kappa shape index (κ2) is 8.70. The molecule has 1 fully saturated rings. The van der Waals surface area contributed by atoms with Crippen LogP contribution in [0.25, 0.3) is 10.9 Å². The third-order valence-electron chi connectivity index (χ3n) is 8.45. The Morgan fingerprint density at radius 2 is 1.83 bits per heavy atom. The molecule has 2 aromatic carbocycles. The molecule has 3 aliphatic heterocycles. The van der Waals surface area contributed by atoms with Gasteiger partial charge in [-0.15, -0.1) is 0 Å². The quantitative estimate of drug-likeness (QED) is 0.520. The molecule has 0 atom stereocenters. The van der Waals surface area contributed by atoms with E-state index in [-0.39, 0.29) is 11.7 Å². The number of fused-ring (bicyclic) bond motifs is 3. The van der Waals surface area contributed by atoms with E-state index in [1.165, 1.54) is 0 Å². The molecule has 1 saturated heterocycles. The van der Waals surface area contributed by atoms with Crippen molar-refractivity contribution in [3.8, 4) is 5.75 Å². The van der Waals surface area contributed by atoms with E-state index < -0.39 is 5.60 Å². The van der Waals surface area contributed by atoms with Crippen LogP contribution in [-0.4, -0.2) is 58.3 Å². The number of benzene rings is 2. The highest BCUT2D eigenvalue weighted by Crippen LogP contribution is 2.41. The summed E-state index contributed by atoms with van der Waals surface area (Å²) in [5, 5.41) is 0.934. The van der Waals surface area contributed by atoms with Crippen LogP contribution in [0.2, 0.25) is 0 Å². The summed E-state index contributed by atoms with van der Waals surface area (Å²) >= 11 is 0. The standard InChI is InChI=1S/C30H33N3O3/c1-4-32-12-9-25-23(18-32)28(21-7-5-6-8-24(21)31-25)29(35)33-13-10-30(11-14-33)17-26(34)22-15-19(2)20(3)16-27(22)36-30/h5-8,15-16H,4,9-14,17-18H2,1-3H3. The van der Waals surface area contributed by atoms with Crippen LogP contribution >= 0.6 is 0 Å². The number of carbonyl (C=O) groups is 2. The van der Waals surface area contributed by atoms with Gasteiger partial charge in [0.25, 0.3) is 5.91 Å². The lowest BCUT2D eigenvalue weighted by Gasteiger charge is -2.44. The van der Waals surface area contributed by atoms with Crippen LogP contribution in [0.5, 0.6) is 5.75 Å². The Bertz CT molecular complexity index is 1390. The second-order valence-corrected chi connectivity index (χ2v) is 10.7. The number of amides is 1. The average molecular weight is 484 g/mol. The van der Waals surface area contributed by atoms with Gasteiger partial charge in [-0.3, -0.25) is 19.5 Å². The summed E-state index contributed by atoms with van der Waals surface area (Å²) in [6.07, 6.45) is 2.56. The highest BCUT2D eigenvalue weighted by atomic mass is 16.5. The van der Waals surface area contributed by atoms with E-state index in [1.54, 1.807) is 0 Å². The molecule has 3 aliphatic rings. The number of para-hydroxylation sites is 1. The number of hydrogen-bond acceptors (Lipinski definition) is 5. The number of piperidine rings is 1. The molecule has 3 aromatic rings. The van der Waals surface area contributed by atoms with Crippen LogP contribution < -0.4 is 4.74 Å². The van der Waals surface area contributed by atoms with E-state index >= 15 is 0 Å². The van der Waals surface area contributed by atoms with Gasteiger partial charge >= 0.3 is 0 Å². The number of likely N-dealkylation sites (tertiary alicyclic amines) is 1. The van der Waals surface area contributed by atoms with Crippen molar-refractivity contribution in [2.45, 2.75) is 58.6 Å². The van der Waals surface area contributed by atoms with Gasteiger partial charge < -0.3 is 9.64 Å². The van der Waals surface area contributed by atoms with Gasteiger partial charge in [0.05, 0.1) is 23.1 Å². The predicted molar refractivity (Wildman–Crippen MR) is 140 cm³/mol. The van der Waals surface area contributed by atoms with Gasteiger partial charge in [-0.1, -0.05) is 25.1 Å². The average Bonchev–Trinajstić information content (AvgIpc) is 2.88. The fourth-order valence-corrected chi connectivity index (χ4v) is 6.06. The number of nitrogens with zero attached hydrogens (tertiary/aromatic N) is 3. The van der Waals surface area contributed by atoms with Crippen LogP contribution in [0.3, 0.4) is 0 Å². The number of hydrogen-bond donors (Lipinski definition) is 0. The molecule has 186 valence electrons. The van der Waals surface area contributed by atoms with E-state index in [0.29, 0.717) is 43.7 Å². The number of carbonyl (C=O) groups excluding carboxylic acids is 2. The van der Waals surface area contributed by atoms with Crippen LogP contribution in [0.15, 0.2) is 36.4 Å². The lowest BCUT2D eigenvalue weighted by Crippen LogP contribution is -2.52. The highest BCUT2D eigenvalue weighted by Gasteiger charge is 2.44. The fraction of sp³-hybridized carbons (Fsp3) is 0.433. The van der Waals surface area contributed by atoms with Gasteiger partial charge in [-0.05, 0) is 49.7 Å². The topological polar surface area (TPSA) is 62.7 Å². The maximum atomic E-state index is 14.1. The minimum Gasteiger partial charge on any atom is -0.486 e. The molecule has 0 radical (unpaired) electrons. The number of likely N-dealkylation sites (N-methyl/N-ethyl adjacent to an activating group) is 1. The minimum atomic E-state index is -0.526. The van der Waals surface area contributed by atoms with Gasteiger partial charge in [-0.2, -0.15) is 0 Å². The van der Waals surface area contributed by atoms with E-state index in [1.807, 2.05) is 55.1 Å². The summed E-state index contributed by atoms with van der Waals surface area (Å²) in [5.74, 6) is 0.919. The Balaban J connectivity index is 1.29. The summed E-state index contributed by atoms with van der Waals surface area (Å²) in [6, 6.07) is 12.0. The smallest absolute Gasteiger partial charge is 0.254 e. The normalized spacial score (nSPS) is 19.2. The monoisotopic (exact) mass is 483 g/mol. The first-order valence-corrected chi connectivity index (χ1v) is 13.1. The molecule has 36 heavy (non-hydrogen) atoms. The molecule has 1 aromatic heterocycles.